The van der Waals surface area contributed by atoms with E-state index in [1.54, 1.807) is 54.6 Å². The SMILES string of the molecule is CCCCN(CCCC)c1cc(C(=O)O)cc(S(=O)(=O)Nc2ccccc2)c1Oc1ccccc1. The van der Waals surface area contributed by atoms with Gasteiger partial charge in [0, 0.05) is 18.8 Å². The molecule has 0 unspecified atom stereocenters. The topological polar surface area (TPSA) is 95.9 Å². The largest absolute Gasteiger partial charge is 0.478 e. The fourth-order valence-corrected chi connectivity index (χ4v) is 4.85. The smallest absolute Gasteiger partial charge is 0.335 e. The third-order valence-corrected chi connectivity index (χ3v) is 6.85. The second-order valence-corrected chi connectivity index (χ2v) is 9.86. The molecule has 186 valence electrons. The summed E-state index contributed by atoms with van der Waals surface area (Å²) in [4.78, 5) is 13.8. The Morgan fingerprint density at radius 3 is 2.03 bits per heavy atom. The Kier molecular flexibility index (Phi) is 9.14. The van der Waals surface area contributed by atoms with Crippen molar-refractivity contribution >= 4 is 27.4 Å². The zero-order valence-electron chi connectivity index (χ0n) is 20.1. The summed E-state index contributed by atoms with van der Waals surface area (Å²) >= 11 is 0. The van der Waals surface area contributed by atoms with Crippen LogP contribution in [0.4, 0.5) is 11.4 Å². The molecule has 7 nitrogen and oxygen atoms in total. The Labute approximate surface area is 207 Å². The average Bonchev–Trinajstić information content (AvgIpc) is 2.85. The zero-order chi connectivity index (χ0) is 25.3. The fourth-order valence-electron chi connectivity index (χ4n) is 3.62. The first-order valence-electron chi connectivity index (χ1n) is 11.8. The average molecular weight is 497 g/mol. The number of hydrogen-bond donors (Lipinski definition) is 2. The Hall–Kier alpha value is -3.52. The Balaban J connectivity index is 2.23. The molecule has 0 spiro atoms. The van der Waals surface area contributed by atoms with Gasteiger partial charge in [-0.2, -0.15) is 0 Å². The van der Waals surface area contributed by atoms with Crippen molar-refractivity contribution in [3.8, 4) is 11.5 Å². The summed E-state index contributed by atoms with van der Waals surface area (Å²) < 4.78 is 35.9. The fraction of sp³-hybridized carbons (Fsp3) is 0.296. The minimum Gasteiger partial charge on any atom is -0.478 e. The summed E-state index contributed by atoms with van der Waals surface area (Å²) in [6.45, 7) is 5.45. The lowest BCUT2D eigenvalue weighted by molar-refractivity contribution is 0.0696. The number of ether oxygens (including phenoxy) is 1. The summed E-state index contributed by atoms with van der Waals surface area (Å²) in [5.74, 6) is -0.643. The van der Waals surface area contributed by atoms with E-state index in [0.717, 1.165) is 31.7 Å². The molecule has 3 rings (SSSR count). The zero-order valence-corrected chi connectivity index (χ0v) is 20.9. The molecule has 0 aliphatic heterocycles. The van der Waals surface area contributed by atoms with E-state index in [1.165, 1.54) is 6.07 Å². The van der Waals surface area contributed by atoms with Crippen LogP contribution in [0.25, 0.3) is 0 Å². The highest BCUT2D eigenvalue weighted by atomic mass is 32.2. The van der Waals surface area contributed by atoms with Crippen LogP contribution < -0.4 is 14.4 Å². The number of aromatic carboxylic acids is 1. The molecule has 0 bridgehead atoms. The number of nitrogens with zero attached hydrogens (tertiary/aromatic N) is 1. The van der Waals surface area contributed by atoms with Gasteiger partial charge in [0.25, 0.3) is 10.0 Å². The van der Waals surface area contributed by atoms with E-state index in [1.807, 2.05) is 11.0 Å². The van der Waals surface area contributed by atoms with Gasteiger partial charge in [0.2, 0.25) is 0 Å². The van der Waals surface area contributed by atoms with Crippen LogP contribution in [0.3, 0.4) is 0 Å². The van der Waals surface area contributed by atoms with Gasteiger partial charge in [0.15, 0.2) is 5.75 Å². The van der Waals surface area contributed by atoms with E-state index in [9.17, 15) is 18.3 Å². The quantitative estimate of drug-likeness (QED) is 0.285. The lowest BCUT2D eigenvalue weighted by Crippen LogP contribution is -2.27. The maximum absolute atomic E-state index is 13.6. The standard InChI is InChI=1S/C27H32N2O5S/c1-3-5-17-29(18-6-4-2)24-19-21(27(30)31)20-25(26(24)34-23-15-11-8-12-16-23)35(32,33)28-22-13-9-7-10-14-22/h7-16,19-20,28H,3-6,17-18H2,1-2H3,(H,30,31). The van der Waals surface area contributed by atoms with Crippen LogP contribution in [-0.2, 0) is 10.0 Å². The van der Waals surface area contributed by atoms with Crippen molar-refractivity contribution in [3.63, 3.8) is 0 Å². The van der Waals surface area contributed by atoms with Gasteiger partial charge in [-0.1, -0.05) is 63.1 Å². The van der Waals surface area contributed by atoms with Gasteiger partial charge >= 0.3 is 5.97 Å². The summed E-state index contributed by atoms with van der Waals surface area (Å²) in [6, 6.07) is 20.0. The minimum absolute atomic E-state index is 0.108. The lowest BCUT2D eigenvalue weighted by atomic mass is 10.1. The normalized spacial score (nSPS) is 11.1. The molecule has 0 saturated carbocycles. The van der Waals surface area contributed by atoms with Crippen molar-refractivity contribution in [3.05, 3.63) is 78.4 Å². The van der Waals surface area contributed by atoms with Gasteiger partial charge in [-0.3, -0.25) is 4.72 Å². The van der Waals surface area contributed by atoms with Crippen molar-refractivity contribution in [1.82, 2.24) is 0 Å². The molecule has 0 aliphatic rings. The number of sulfonamides is 1. The number of para-hydroxylation sites is 2. The van der Waals surface area contributed by atoms with Crippen LogP contribution in [0, 0.1) is 0 Å². The van der Waals surface area contributed by atoms with Crippen molar-refractivity contribution in [1.29, 1.82) is 0 Å². The molecular weight excluding hydrogens is 464 g/mol. The lowest BCUT2D eigenvalue weighted by Gasteiger charge is -2.28. The number of carboxylic acid groups (broad SMARTS) is 1. The first-order chi connectivity index (χ1) is 16.9. The second kappa shape index (κ2) is 12.3. The first-order valence-corrected chi connectivity index (χ1v) is 13.3. The van der Waals surface area contributed by atoms with Crippen LogP contribution in [-0.4, -0.2) is 32.6 Å². The molecule has 0 heterocycles. The van der Waals surface area contributed by atoms with E-state index in [2.05, 4.69) is 18.6 Å². The molecule has 35 heavy (non-hydrogen) atoms. The third kappa shape index (κ3) is 6.99. The summed E-state index contributed by atoms with van der Waals surface area (Å²) in [6.07, 6.45) is 3.62. The number of anilines is 2. The molecule has 2 N–H and O–H groups in total. The molecule has 0 saturated heterocycles. The molecule has 3 aromatic rings. The van der Waals surface area contributed by atoms with E-state index in [-0.39, 0.29) is 16.2 Å². The molecular formula is C27H32N2O5S. The maximum atomic E-state index is 13.6. The molecule has 0 atom stereocenters. The van der Waals surface area contributed by atoms with Gasteiger partial charge < -0.3 is 14.7 Å². The number of rotatable bonds is 13. The predicted octanol–water partition coefficient (Wildman–Crippen LogP) is 6.38. The van der Waals surface area contributed by atoms with Crippen molar-refractivity contribution in [2.45, 2.75) is 44.4 Å². The number of carbonyl (C=O) groups is 1. The van der Waals surface area contributed by atoms with Gasteiger partial charge in [-0.05, 0) is 49.2 Å². The number of benzene rings is 3. The van der Waals surface area contributed by atoms with Crippen LogP contribution in [0.2, 0.25) is 0 Å². The van der Waals surface area contributed by atoms with Crippen LogP contribution in [0.1, 0.15) is 49.9 Å². The highest BCUT2D eigenvalue weighted by Gasteiger charge is 2.28. The van der Waals surface area contributed by atoms with Crippen molar-refractivity contribution in [2.24, 2.45) is 0 Å². The van der Waals surface area contributed by atoms with E-state index < -0.39 is 16.0 Å². The molecule has 3 aromatic carbocycles. The molecule has 0 aliphatic carbocycles. The second-order valence-electron chi connectivity index (χ2n) is 8.21. The maximum Gasteiger partial charge on any atom is 0.335 e. The number of carboxylic acids is 1. The monoisotopic (exact) mass is 496 g/mol. The van der Waals surface area contributed by atoms with E-state index in [4.69, 9.17) is 4.74 Å². The molecule has 0 aromatic heterocycles. The molecule has 0 fully saturated rings. The Morgan fingerprint density at radius 2 is 1.49 bits per heavy atom. The highest BCUT2D eigenvalue weighted by Crippen LogP contribution is 2.40. The van der Waals surface area contributed by atoms with Crippen LogP contribution in [0.15, 0.2) is 77.7 Å². The predicted molar refractivity (Wildman–Crippen MR) is 139 cm³/mol. The Morgan fingerprint density at radius 1 is 0.914 bits per heavy atom. The van der Waals surface area contributed by atoms with Gasteiger partial charge in [0.05, 0.1) is 11.3 Å². The molecule has 8 heteroatoms. The van der Waals surface area contributed by atoms with Crippen molar-refractivity contribution in [2.75, 3.05) is 22.7 Å². The Bertz CT molecular complexity index is 1210. The molecule has 0 amide bonds. The third-order valence-electron chi connectivity index (χ3n) is 5.46. The minimum atomic E-state index is -4.18. The van der Waals surface area contributed by atoms with Gasteiger partial charge in [-0.25, -0.2) is 13.2 Å². The highest BCUT2D eigenvalue weighted by molar-refractivity contribution is 7.92. The number of hydrogen-bond acceptors (Lipinski definition) is 5. The van der Waals surface area contributed by atoms with Crippen LogP contribution >= 0.6 is 0 Å². The van der Waals surface area contributed by atoms with E-state index in [0.29, 0.717) is 30.2 Å². The number of nitrogens with one attached hydrogen (secondary N) is 1. The summed E-state index contributed by atoms with van der Waals surface area (Å²) in [7, 11) is -4.18. The summed E-state index contributed by atoms with van der Waals surface area (Å²) in [5, 5.41) is 9.83. The number of unbranched alkanes of at least 4 members (excludes halogenated alkanes) is 2. The van der Waals surface area contributed by atoms with Gasteiger partial charge in [0.1, 0.15) is 10.6 Å². The van der Waals surface area contributed by atoms with Crippen molar-refractivity contribution < 1.29 is 23.1 Å². The molecule has 0 radical (unpaired) electrons. The van der Waals surface area contributed by atoms with Gasteiger partial charge in [-0.15, -0.1) is 0 Å². The summed E-state index contributed by atoms with van der Waals surface area (Å²) in [5.41, 5.74) is 0.699. The van der Waals surface area contributed by atoms with E-state index >= 15 is 0 Å². The first kappa shape index (κ1) is 26.1. The van der Waals surface area contributed by atoms with Crippen LogP contribution in [0.5, 0.6) is 11.5 Å².